The monoisotopic (exact) mass is 281 g/mol. The summed E-state index contributed by atoms with van der Waals surface area (Å²) in [7, 11) is 0. The molecular formula is C17H15NO3. The van der Waals surface area contributed by atoms with E-state index in [0.717, 1.165) is 5.56 Å². The van der Waals surface area contributed by atoms with Gasteiger partial charge in [0.25, 0.3) is 5.91 Å². The normalized spacial score (nSPS) is 13.6. The highest BCUT2D eigenvalue weighted by Crippen LogP contribution is 2.22. The average Bonchev–Trinajstić information content (AvgIpc) is 2.46. The lowest BCUT2D eigenvalue weighted by atomic mass is 10.00. The molecule has 0 saturated carbocycles. The van der Waals surface area contributed by atoms with Gasteiger partial charge in [0.15, 0.2) is 0 Å². The Bertz CT molecular complexity index is 704. The van der Waals surface area contributed by atoms with E-state index < -0.39 is 0 Å². The maximum atomic E-state index is 11.6. The summed E-state index contributed by atoms with van der Waals surface area (Å²) in [6.07, 6.45) is 0.211. The first-order chi connectivity index (χ1) is 10.1. The van der Waals surface area contributed by atoms with Gasteiger partial charge in [0.05, 0.1) is 6.42 Å². The van der Waals surface area contributed by atoms with Crippen LogP contribution in [0.25, 0.3) is 0 Å². The van der Waals surface area contributed by atoms with E-state index in [2.05, 4.69) is 5.32 Å². The van der Waals surface area contributed by atoms with E-state index in [1.54, 1.807) is 18.2 Å². The van der Waals surface area contributed by atoms with Crippen LogP contribution in [0.3, 0.4) is 0 Å². The van der Waals surface area contributed by atoms with Crippen LogP contribution in [0.4, 0.5) is 0 Å². The lowest BCUT2D eigenvalue weighted by molar-refractivity contribution is -0.119. The standard InChI is InChI=1S/C17H15NO3/c1-11-2-4-12(5-3-11)10-21-14-6-7-15-13(8-14)9-16(19)18-17(15)20/h2-8H,9-10H2,1H3,(H,18,19,20). The number of rotatable bonds is 3. The van der Waals surface area contributed by atoms with E-state index in [1.807, 2.05) is 31.2 Å². The van der Waals surface area contributed by atoms with Crippen LogP contribution in [0.5, 0.6) is 5.75 Å². The second-order valence-electron chi connectivity index (χ2n) is 5.15. The summed E-state index contributed by atoms with van der Waals surface area (Å²) >= 11 is 0. The molecule has 4 nitrogen and oxygen atoms in total. The van der Waals surface area contributed by atoms with Crippen LogP contribution in [-0.2, 0) is 17.8 Å². The predicted octanol–water partition coefficient (Wildman–Crippen LogP) is 2.39. The molecule has 0 aromatic heterocycles. The Balaban J connectivity index is 1.75. The van der Waals surface area contributed by atoms with Gasteiger partial charge in [-0.15, -0.1) is 0 Å². The number of ether oxygens (including phenoxy) is 1. The Hall–Kier alpha value is -2.62. The minimum Gasteiger partial charge on any atom is -0.489 e. The van der Waals surface area contributed by atoms with Crippen molar-refractivity contribution < 1.29 is 14.3 Å². The molecule has 0 bridgehead atoms. The fraction of sp³-hybridized carbons (Fsp3) is 0.176. The zero-order chi connectivity index (χ0) is 14.8. The van der Waals surface area contributed by atoms with E-state index >= 15 is 0 Å². The lowest BCUT2D eigenvalue weighted by Crippen LogP contribution is -2.37. The molecule has 0 saturated heterocycles. The van der Waals surface area contributed by atoms with Gasteiger partial charge in [0, 0.05) is 5.56 Å². The molecule has 2 aromatic rings. The minimum atomic E-state index is -0.341. The smallest absolute Gasteiger partial charge is 0.258 e. The van der Waals surface area contributed by atoms with Gasteiger partial charge in [-0.25, -0.2) is 0 Å². The van der Waals surface area contributed by atoms with Crippen LogP contribution in [0, 0.1) is 6.92 Å². The molecule has 1 aliphatic rings. The third-order valence-corrected chi connectivity index (χ3v) is 3.45. The summed E-state index contributed by atoms with van der Waals surface area (Å²) in [5.74, 6) is 0.0475. The Morgan fingerprint density at radius 1 is 1.10 bits per heavy atom. The van der Waals surface area contributed by atoms with Gasteiger partial charge in [-0.05, 0) is 36.2 Å². The van der Waals surface area contributed by atoms with E-state index in [-0.39, 0.29) is 18.2 Å². The first-order valence-electron chi connectivity index (χ1n) is 6.77. The molecule has 2 amide bonds. The zero-order valence-electron chi connectivity index (χ0n) is 11.7. The first kappa shape index (κ1) is 13.4. The summed E-state index contributed by atoms with van der Waals surface area (Å²) in [5.41, 5.74) is 3.53. The Kier molecular flexibility index (Phi) is 3.44. The SMILES string of the molecule is Cc1ccc(COc2ccc3c(c2)CC(=O)NC3=O)cc1. The van der Waals surface area contributed by atoms with Gasteiger partial charge in [-0.2, -0.15) is 0 Å². The van der Waals surface area contributed by atoms with Gasteiger partial charge in [-0.3, -0.25) is 14.9 Å². The molecule has 0 unspecified atom stereocenters. The largest absolute Gasteiger partial charge is 0.489 e. The average molecular weight is 281 g/mol. The Morgan fingerprint density at radius 2 is 1.86 bits per heavy atom. The Morgan fingerprint density at radius 3 is 2.62 bits per heavy atom. The topological polar surface area (TPSA) is 55.4 Å². The van der Waals surface area contributed by atoms with Crippen LogP contribution in [0.15, 0.2) is 42.5 Å². The number of fused-ring (bicyclic) bond motifs is 1. The second kappa shape index (κ2) is 5.40. The summed E-state index contributed by atoms with van der Waals surface area (Å²) in [4.78, 5) is 23.0. The van der Waals surface area contributed by atoms with Gasteiger partial charge in [0.1, 0.15) is 12.4 Å². The van der Waals surface area contributed by atoms with E-state index in [1.165, 1.54) is 5.56 Å². The first-order valence-corrected chi connectivity index (χ1v) is 6.77. The van der Waals surface area contributed by atoms with E-state index in [9.17, 15) is 9.59 Å². The third-order valence-electron chi connectivity index (χ3n) is 3.45. The van der Waals surface area contributed by atoms with Crippen LogP contribution in [0.2, 0.25) is 0 Å². The molecule has 1 aliphatic heterocycles. The molecule has 4 heteroatoms. The number of imide groups is 1. The van der Waals surface area contributed by atoms with Gasteiger partial charge in [-0.1, -0.05) is 29.8 Å². The molecule has 21 heavy (non-hydrogen) atoms. The molecule has 106 valence electrons. The van der Waals surface area contributed by atoms with Crippen molar-refractivity contribution in [3.8, 4) is 5.75 Å². The molecule has 0 fully saturated rings. The number of hydrogen-bond acceptors (Lipinski definition) is 3. The van der Waals surface area contributed by atoms with Crippen LogP contribution in [-0.4, -0.2) is 11.8 Å². The van der Waals surface area contributed by atoms with Crippen LogP contribution in [0.1, 0.15) is 27.0 Å². The Labute approximate surface area is 122 Å². The number of hydrogen-bond donors (Lipinski definition) is 1. The number of carbonyl (C=O) groups is 2. The number of amides is 2. The minimum absolute atomic E-state index is 0.211. The highest BCUT2D eigenvalue weighted by molar-refractivity contribution is 6.09. The number of benzene rings is 2. The highest BCUT2D eigenvalue weighted by Gasteiger charge is 2.22. The van der Waals surface area contributed by atoms with Crippen molar-refractivity contribution in [3.05, 3.63) is 64.7 Å². The zero-order valence-corrected chi connectivity index (χ0v) is 11.7. The predicted molar refractivity (Wildman–Crippen MR) is 78.1 cm³/mol. The van der Waals surface area contributed by atoms with Gasteiger partial charge < -0.3 is 4.74 Å². The van der Waals surface area contributed by atoms with E-state index in [0.29, 0.717) is 23.5 Å². The van der Waals surface area contributed by atoms with Crippen LogP contribution < -0.4 is 10.1 Å². The van der Waals surface area contributed by atoms with Gasteiger partial charge >= 0.3 is 0 Å². The quantitative estimate of drug-likeness (QED) is 0.879. The maximum absolute atomic E-state index is 11.6. The highest BCUT2D eigenvalue weighted by atomic mass is 16.5. The molecule has 0 radical (unpaired) electrons. The van der Waals surface area contributed by atoms with Crippen LogP contribution >= 0.6 is 0 Å². The summed E-state index contributed by atoms with van der Waals surface area (Å²) in [6.45, 7) is 2.50. The van der Waals surface area contributed by atoms with Crippen molar-refractivity contribution in [2.24, 2.45) is 0 Å². The molecule has 1 heterocycles. The number of aryl methyl sites for hydroxylation is 1. The van der Waals surface area contributed by atoms with Crippen molar-refractivity contribution in [1.29, 1.82) is 0 Å². The number of carbonyl (C=O) groups excluding carboxylic acids is 2. The fourth-order valence-corrected chi connectivity index (χ4v) is 2.29. The molecule has 2 aromatic carbocycles. The van der Waals surface area contributed by atoms with Crippen molar-refractivity contribution in [3.63, 3.8) is 0 Å². The molecule has 0 aliphatic carbocycles. The second-order valence-corrected chi connectivity index (χ2v) is 5.15. The molecular weight excluding hydrogens is 266 g/mol. The van der Waals surface area contributed by atoms with Crippen molar-refractivity contribution in [1.82, 2.24) is 5.32 Å². The van der Waals surface area contributed by atoms with Gasteiger partial charge in [0.2, 0.25) is 5.91 Å². The molecule has 0 atom stereocenters. The summed E-state index contributed by atoms with van der Waals surface area (Å²) < 4.78 is 5.73. The fourth-order valence-electron chi connectivity index (χ4n) is 2.29. The summed E-state index contributed by atoms with van der Waals surface area (Å²) in [6, 6.07) is 13.3. The van der Waals surface area contributed by atoms with Crippen molar-refractivity contribution in [2.75, 3.05) is 0 Å². The lowest BCUT2D eigenvalue weighted by Gasteiger charge is -2.16. The number of nitrogens with one attached hydrogen (secondary N) is 1. The van der Waals surface area contributed by atoms with Crippen molar-refractivity contribution >= 4 is 11.8 Å². The van der Waals surface area contributed by atoms with Crippen molar-refractivity contribution in [2.45, 2.75) is 20.0 Å². The molecule has 1 N–H and O–H groups in total. The molecule has 0 spiro atoms. The summed E-state index contributed by atoms with van der Waals surface area (Å²) in [5, 5.41) is 2.30. The molecule has 3 rings (SSSR count). The van der Waals surface area contributed by atoms with E-state index in [4.69, 9.17) is 4.74 Å². The maximum Gasteiger partial charge on any atom is 0.258 e. The third kappa shape index (κ3) is 2.94.